The summed E-state index contributed by atoms with van der Waals surface area (Å²) < 4.78 is 5.59. The zero-order valence-electron chi connectivity index (χ0n) is 12.3. The van der Waals surface area contributed by atoms with Crippen molar-refractivity contribution in [3.63, 3.8) is 0 Å². The molecule has 0 heterocycles. The standard InChI is InChI=1S/C17H21N3O/c1-14-8-10-15(11-9-14)20-17(18)19-12-5-13-21-16-6-3-2-4-7-16/h2-4,6-11H,5,12-13H2,1H3,(H3,18,19,20). The molecule has 0 saturated carbocycles. The summed E-state index contributed by atoms with van der Waals surface area (Å²) in [6.45, 7) is 3.32. The van der Waals surface area contributed by atoms with Crippen LogP contribution in [0.2, 0.25) is 0 Å². The normalized spacial score (nSPS) is 11.2. The average molecular weight is 283 g/mol. The van der Waals surface area contributed by atoms with Gasteiger partial charge in [-0.05, 0) is 31.2 Å². The highest BCUT2D eigenvalue weighted by atomic mass is 16.5. The van der Waals surface area contributed by atoms with E-state index in [-0.39, 0.29) is 0 Å². The van der Waals surface area contributed by atoms with Crippen LogP contribution in [-0.4, -0.2) is 19.1 Å². The zero-order valence-corrected chi connectivity index (χ0v) is 12.3. The second-order valence-electron chi connectivity index (χ2n) is 4.77. The Morgan fingerprint density at radius 3 is 2.52 bits per heavy atom. The van der Waals surface area contributed by atoms with Crippen LogP contribution in [0, 0.1) is 6.92 Å². The van der Waals surface area contributed by atoms with Crippen molar-refractivity contribution in [3.8, 4) is 5.75 Å². The first-order valence-electron chi connectivity index (χ1n) is 7.05. The van der Waals surface area contributed by atoms with Crippen LogP contribution >= 0.6 is 0 Å². The Morgan fingerprint density at radius 2 is 1.81 bits per heavy atom. The third-order valence-corrected chi connectivity index (χ3v) is 2.92. The fourth-order valence-electron chi connectivity index (χ4n) is 1.80. The van der Waals surface area contributed by atoms with Crippen molar-refractivity contribution in [1.82, 2.24) is 0 Å². The molecule has 0 aliphatic carbocycles. The van der Waals surface area contributed by atoms with Gasteiger partial charge in [-0.3, -0.25) is 4.99 Å². The van der Waals surface area contributed by atoms with Crippen LogP contribution in [0.4, 0.5) is 5.69 Å². The minimum atomic E-state index is 0.429. The third-order valence-electron chi connectivity index (χ3n) is 2.92. The molecule has 0 atom stereocenters. The SMILES string of the molecule is Cc1ccc(NC(N)=NCCCOc2ccccc2)cc1. The second kappa shape index (κ2) is 7.94. The van der Waals surface area contributed by atoms with Gasteiger partial charge in [0, 0.05) is 18.7 Å². The highest BCUT2D eigenvalue weighted by Crippen LogP contribution is 2.09. The summed E-state index contributed by atoms with van der Waals surface area (Å²) in [6, 6.07) is 17.8. The minimum Gasteiger partial charge on any atom is -0.494 e. The molecule has 0 amide bonds. The van der Waals surface area contributed by atoms with Gasteiger partial charge in [0.1, 0.15) is 5.75 Å². The summed E-state index contributed by atoms with van der Waals surface area (Å²) in [5, 5.41) is 3.06. The van der Waals surface area contributed by atoms with E-state index in [1.807, 2.05) is 61.5 Å². The van der Waals surface area contributed by atoms with Crippen LogP contribution in [0.3, 0.4) is 0 Å². The van der Waals surface area contributed by atoms with Gasteiger partial charge in [0.15, 0.2) is 5.96 Å². The molecule has 0 saturated heterocycles. The summed E-state index contributed by atoms with van der Waals surface area (Å²) in [5.74, 6) is 1.31. The molecule has 0 radical (unpaired) electrons. The molecular weight excluding hydrogens is 262 g/mol. The molecule has 2 aromatic rings. The lowest BCUT2D eigenvalue weighted by molar-refractivity contribution is 0.313. The number of aryl methyl sites for hydroxylation is 1. The lowest BCUT2D eigenvalue weighted by atomic mass is 10.2. The van der Waals surface area contributed by atoms with Crippen LogP contribution in [0.5, 0.6) is 5.75 Å². The number of anilines is 1. The van der Waals surface area contributed by atoms with Gasteiger partial charge >= 0.3 is 0 Å². The van der Waals surface area contributed by atoms with E-state index in [1.165, 1.54) is 5.56 Å². The van der Waals surface area contributed by atoms with Gasteiger partial charge < -0.3 is 15.8 Å². The van der Waals surface area contributed by atoms with Crippen molar-refractivity contribution in [2.45, 2.75) is 13.3 Å². The second-order valence-corrected chi connectivity index (χ2v) is 4.77. The Kier molecular flexibility index (Phi) is 5.64. The van der Waals surface area contributed by atoms with Crippen LogP contribution in [0.1, 0.15) is 12.0 Å². The molecule has 2 aromatic carbocycles. The summed E-state index contributed by atoms with van der Waals surface area (Å²) in [7, 11) is 0. The van der Waals surface area contributed by atoms with Gasteiger partial charge in [-0.2, -0.15) is 0 Å². The van der Waals surface area contributed by atoms with Crippen molar-refractivity contribution in [2.75, 3.05) is 18.5 Å². The molecule has 3 N–H and O–H groups in total. The van der Waals surface area contributed by atoms with E-state index < -0.39 is 0 Å². The first-order valence-corrected chi connectivity index (χ1v) is 7.05. The quantitative estimate of drug-likeness (QED) is 0.486. The number of nitrogens with zero attached hydrogens (tertiary/aromatic N) is 1. The van der Waals surface area contributed by atoms with Crippen molar-refractivity contribution < 1.29 is 4.74 Å². The maximum atomic E-state index is 5.84. The summed E-state index contributed by atoms with van der Waals surface area (Å²) in [6.07, 6.45) is 0.825. The Bertz CT molecular complexity index is 564. The molecule has 110 valence electrons. The van der Waals surface area contributed by atoms with Gasteiger partial charge in [0.25, 0.3) is 0 Å². The fourth-order valence-corrected chi connectivity index (χ4v) is 1.80. The first kappa shape index (κ1) is 14.9. The minimum absolute atomic E-state index is 0.429. The molecule has 0 aliphatic rings. The highest BCUT2D eigenvalue weighted by molar-refractivity contribution is 5.92. The number of nitrogens with two attached hydrogens (primary N) is 1. The molecule has 2 rings (SSSR count). The third kappa shape index (κ3) is 5.57. The number of aliphatic imine (C=N–C) groups is 1. The summed E-state index contributed by atoms with van der Waals surface area (Å²) >= 11 is 0. The Hall–Kier alpha value is -2.49. The number of guanidine groups is 1. The first-order chi connectivity index (χ1) is 10.2. The van der Waals surface area contributed by atoms with Gasteiger partial charge in [-0.25, -0.2) is 0 Å². The van der Waals surface area contributed by atoms with Crippen LogP contribution < -0.4 is 15.8 Å². The van der Waals surface area contributed by atoms with Crippen molar-refractivity contribution >= 4 is 11.6 Å². The monoisotopic (exact) mass is 283 g/mol. The van der Waals surface area contributed by atoms with Crippen LogP contribution in [0.15, 0.2) is 59.6 Å². The lowest BCUT2D eigenvalue weighted by Gasteiger charge is -2.06. The van der Waals surface area contributed by atoms with Gasteiger partial charge in [0.2, 0.25) is 0 Å². The molecular formula is C17H21N3O. The maximum absolute atomic E-state index is 5.84. The summed E-state index contributed by atoms with van der Waals surface area (Å²) in [5.41, 5.74) is 8.00. The molecule has 0 unspecified atom stereocenters. The van der Waals surface area contributed by atoms with E-state index in [2.05, 4.69) is 10.3 Å². The van der Waals surface area contributed by atoms with E-state index in [0.717, 1.165) is 17.9 Å². The maximum Gasteiger partial charge on any atom is 0.193 e. The van der Waals surface area contributed by atoms with Gasteiger partial charge in [-0.1, -0.05) is 35.9 Å². The summed E-state index contributed by atoms with van der Waals surface area (Å²) in [4.78, 5) is 4.28. The van der Waals surface area contributed by atoms with E-state index in [1.54, 1.807) is 0 Å². The topological polar surface area (TPSA) is 59.6 Å². The average Bonchev–Trinajstić information content (AvgIpc) is 2.50. The van der Waals surface area contributed by atoms with Crippen LogP contribution in [-0.2, 0) is 0 Å². The molecule has 0 spiro atoms. The predicted octanol–water partition coefficient (Wildman–Crippen LogP) is 3.19. The number of ether oxygens (including phenoxy) is 1. The Morgan fingerprint density at radius 1 is 1.10 bits per heavy atom. The van der Waals surface area contributed by atoms with Crippen LogP contribution in [0.25, 0.3) is 0 Å². The zero-order chi connectivity index (χ0) is 14.9. The largest absolute Gasteiger partial charge is 0.494 e. The number of benzene rings is 2. The van der Waals surface area contributed by atoms with Gasteiger partial charge in [0.05, 0.1) is 6.61 Å². The van der Waals surface area contributed by atoms with E-state index >= 15 is 0 Å². The molecule has 0 fully saturated rings. The van der Waals surface area contributed by atoms with E-state index in [9.17, 15) is 0 Å². The van der Waals surface area contributed by atoms with Crippen molar-refractivity contribution in [1.29, 1.82) is 0 Å². The highest BCUT2D eigenvalue weighted by Gasteiger charge is 1.95. The molecule has 21 heavy (non-hydrogen) atoms. The number of nitrogens with one attached hydrogen (secondary N) is 1. The smallest absolute Gasteiger partial charge is 0.193 e. The number of hydrogen-bond acceptors (Lipinski definition) is 2. The van der Waals surface area contributed by atoms with Crippen molar-refractivity contribution in [2.24, 2.45) is 10.7 Å². The Balaban J connectivity index is 1.68. The number of rotatable bonds is 6. The number of para-hydroxylation sites is 1. The molecule has 4 heteroatoms. The van der Waals surface area contributed by atoms with E-state index in [4.69, 9.17) is 10.5 Å². The Labute approximate surface area is 125 Å². The molecule has 0 bridgehead atoms. The molecule has 4 nitrogen and oxygen atoms in total. The predicted molar refractivity (Wildman–Crippen MR) is 87.8 cm³/mol. The fraction of sp³-hybridized carbons (Fsp3) is 0.235. The molecule has 0 aliphatic heterocycles. The molecule has 0 aromatic heterocycles. The van der Waals surface area contributed by atoms with Gasteiger partial charge in [-0.15, -0.1) is 0 Å². The number of hydrogen-bond donors (Lipinski definition) is 2. The van der Waals surface area contributed by atoms with E-state index in [0.29, 0.717) is 19.1 Å². The van der Waals surface area contributed by atoms with Crippen molar-refractivity contribution in [3.05, 3.63) is 60.2 Å². The lowest BCUT2D eigenvalue weighted by Crippen LogP contribution is -2.23.